The van der Waals surface area contributed by atoms with Crippen molar-refractivity contribution in [3.63, 3.8) is 0 Å². The highest BCUT2D eigenvalue weighted by molar-refractivity contribution is 4.99. The Labute approximate surface area is 121 Å². The molecule has 5 nitrogen and oxygen atoms in total. The zero-order chi connectivity index (χ0) is 14.1. The number of piperazine rings is 1. The molecule has 1 aromatic rings. The normalized spacial score (nSPS) is 29.6. The number of aromatic nitrogens is 3. The quantitative estimate of drug-likeness (QED) is 0.884. The van der Waals surface area contributed by atoms with E-state index in [4.69, 9.17) is 0 Å². The molecule has 3 rings (SSSR count). The Morgan fingerprint density at radius 3 is 2.85 bits per heavy atom. The Morgan fingerprint density at radius 2 is 2.25 bits per heavy atom. The van der Waals surface area contributed by atoms with Crippen molar-refractivity contribution in [3.8, 4) is 0 Å². The van der Waals surface area contributed by atoms with Crippen molar-refractivity contribution in [2.75, 3.05) is 13.1 Å². The van der Waals surface area contributed by atoms with E-state index in [1.54, 1.807) is 4.68 Å². The van der Waals surface area contributed by atoms with Gasteiger partial charge in [-0.1, -0.05) is 25.5 Å². The van der Waals surface area contributed by atoms with Gasteiger partial charge in [0.15, 0.2) is 0 Å². The first kappa shape index (κ1) is 14.0. The van der Waals surface area contributed by atoms with Crippen molar-refractivity contribution >= 4 is 0 Å². The predicted octanol–water partition coefficient (Wildman–Crippen LogP) is 1.41. The minimum atomic E-state index is 0.622. The van der Waals surface area contributed by atoms with Crippen molar-refractivity contribution in [1.82, 2.24) is 25.2 Å². The van der Waals surface area contributed by atoms with Crippen LogP contribution in [0.2, 0.25) is 0 Å². The van der Waals surface area contributed by atoms with Crippen molar-refractivity contribution in [2.45, 2.75) is 51.7 Å². The first-order valence-corrected chi connectivity index (χ1v) is 8.00. The van der Waals surface area contributed by atoms with Crippen LogP contribution in [-0.4, -0.2) is 45.1 Å². The molecule has 1 N–H and O–H groups in total. The van der Waals surface area contributed by atoms with E-state index in [0.29, 0.717) is 12.1 Å². The Balaban J connectivity index is 1.69. The topological polar surface area (TPSA) is 46.0 Å². The van der Waals surface area contributed by atoms with Crippen LogP contribution in [0.1, 0.15) is 38.8 Å². The van der Waals surface area contributed by atoms with E-state index < -0.39 is 0 Å². The standard InChI is InChI=1S/C15H27N5/c1-4-11(2)15-7-16-14(12-5-6-12)10-20(15)9-13-8-19(3)18-17-13/h8,11-12,14-16H,4-7,9-10H2,1-3H3. The van der Waals surface area contributed by atoms with Crippen molar-refractivity contribution in [3.05, 3.63) is 11.9 Å². The second-order valence-electron chi connectivity index (χ2n) is 6.62. The molecule has 1 aromatic heterocycles. The Hall–Kier alpha value is -0.940. The Morgan fingerprint density at radius 1 is 1.45 bits per heavy atom. The van der Waals surface area contributed by atoms with Crippen molar-refractivity contribution in [2.24, 2.45) is 18.9 Å². The van der Waals surface area contributed by atoms with Gasteiger partial charge in [-0.25, -0.2) is 0 Å². The van der Waals surface area contributed by atoms with Gasteiger partial charge in [0.2, 0.25) is 0 Å². The summed E-state index contributed by atoms with van der Waals surface area (Å²) in [6, 6.07) is 1.31. The second kappa shape index (κ2) is 5.82. The number of hydrogen-bond acceptors (Lipinski definition) is 4. The third-order valence-corrected chi connectivity index (χ3v) is 5.00. The SMILES string of the molecule is CCC(C)C1CNC(C2CC2)CN1Cc1cn(C)nn1. The zero-order valence-corrected chi connectivity index (χ0v) is 12.9. The number of aryl methyl sites for hydroxylation is 1. The zero-order valence-electron chi connectivity index (χ0n) is 12.9. The molecule has 2 aliphatic rings. The minimum absolute atomic E-state index is 0.622. The number of rotatable bonds is 5. The lowest BCUT2D eigenvalue weighted by atomic mass is 9.93. The molecule has 3 atom stereocenters. The van der Waals surface area contributed by atoms with E-state index in [1.807, 2.05) is 13.2 Å². The average Bonchev–Trinajstić information content (AvgIpc) is 3.22. The lowest BCUT2D eigenvalue weighted by Crippen LogP contribution is -2.58. The molecule has 112 valence electrons. The molecular weight excluding hydrogens is 250 g/mol. The van der Waals surface area contributed by atoms with Gasteiger partial charge in [0.25, 0.3) is 0 Å². The van der Waals surface area contributed by atoms with Crippen molar-refractivity contribution in [1.29, 1.82) is 0 Å². The van der Waals surface area contributed by atoms with E-state index in [1.165, 1.54) is 19.3 Å². The van der Waals surface area contributed by atoms with E-state index >= 15 is 0 Å². The van der Waals surface area contributed by atoms with Gasteiger partial charge in [-0.15, -0.1) is 5.10 Å². The second-order valence-corrected chi connectivity index (χ2v) is 6.62. The fourth-order valence-electron chi connectivity index (χ4n) is 3.36. The Kier molecular flexibility index (Phi) is 4.08. The molecule has 2 heterocycles. The number of nitrogens with zero attached hydrogens (tertiary/aromatic N) is 4. The molecule has 20 heavy (non-hydrogen) atoms. The predicted molar refractivity (Wildman–Crippen MR) is 79.2 cm³/mol. The molecule has 0 bridgehead atoms. The monoisotopic (exact) mass is 277 g/mol. The van der Waals surface area contributed by atoms with E-state index in [9.17, 15) is 0 Å². The van der Waals surface area contributed by atoms with E-state index in [-0.39, 0.29) is 0 Å². The van der Waals surface area contributed by atoms with E-state index in [2.05, 4.69) is 34.4 Å². The fourth-order valence-corrected chi connectivity index (χ4v) is 3.36. The number of hydrogen-bond donors (Lipinski definition) is 1. The van der Waals surface area contributed by atoms with Crippen molar-refractivity contribution < 1.29 is 0 Å². The summed E-state index contributed by atoms with van der Waals surface area (Å²) < 4.78 is 1.80. The molecule has 3 unspecified atom stereocenters. The van der Waals surface area contributed by atoms with Gasteiger partial charge in [-0.05, 0) is 24.7 Å². The summed E-state index contributed by atoms with van der Waals surface area (Å²) in [7, 11) is 1.94. The Bertz CT molecular complexity index is 439. The summed E-state index contributed by atoms with van der Waals surface area (Å²) in [5.41, 5.74) is 1.09. The molecular formula is C15H27N5. The minimum Gasteiger partial charge on any atom is -0.311 e. The van der Waals surface area contributed by atoms with E-state index in [0.717, 1.165) is 37.2 Å². The van der Waals surface area contributed by atoms with Gasteiger partial charge < -0.3 is 5.32 Å². The molecule has 0 aromatic carbocycles. The fraction of sp³-hybridized carbons (Fsp3) is 0.867. The lowest BCUT2D eigenvalue weighted by molar-refractivity contribution is 0.0775. The highest BCUT2D eigenvalue weighted by atomic mass is 15.4. The average molecular weight is 277 g/mol. The smallest absolute Gasteiger partial charge is 0.0967 e. The molecule has 1 aliphatic carbocycles. The van der Waals surface area contributed by atoms with Gasteiger partial charge in [-0.3, -0.25) is 9.58 Å². The molecule has 1 aliphatic heterocycles. The first-order chi connectivity index (χ1) is 9.67. The maximum atomic E-state index is 4.27. The third kappa shape index (κ3) is 3.04. The van der Waals surface area contributed by atoms with Crippen LogP contribution >= 0.6 is 0 Å². The maximum absolute atomic E-state index is 4.27. The summed E-state index contributed by atoms with van der Waals surface area (Å²) in [5, 5.41) is 12.1. The summed E-state index contributed by atoms with van der Waals surface area (Å²) in [4.78, 5) is 2.64. The van der Waals surface area contributed by atoms with Crippen LogP contribution < -0.4 is 5.32 Å². The van der Waals surface area contributed by atoms with Gasteiger partial charge in [0.05, 0.1) is 5.69 Å². The molecule has 5 heteroatoms. The third-order valence-electron chi connectivity index (χ3n) is 5.00. The van der Waals surface area contributed by atoms with Crippen LogP contribution in [0.15, 0.2) is 6.20 Å². The first-order valence-electron chi connectivity index (χ1n) is 8.00. The molecule has 1 saturated heterocycles. The van der Waals surface area contributed by atoms with Gasteiger partial charge in [0, 0.05) is 45.0 Å². The molecule has 0 amide bonds. The largest absolute Gasteiger partial charge is 0.311 e. The van der Waals surface area contributed by atoms with Gasteiger partial charge in [-0.2, -0.15) is 0 Å². The summed E-state index contributed by atoms with van der Waals surface area (Å²) >= 11 is 0. The molecule has 0 radical (unpaired) electrons. The highest BCUT2D eigenvalue weighted by Crippen LogP contribution is 2.35. The maximum Gasteiger partial charge on any atom is 0.0967 e. The lowest BCUT2D eigenvalue weighted by Gasteiger charge is -2.43. The van der Waals surface area contributed by atoms with Gasteiger partial charge >= 0.3 is 0 Å². The summed E-state index contributed by atoms with van der Waals surface area (Å²) in [6.07, 6.45) is 6.09. The van der Waals surface area contributed by atoms with Crippen LogP contribution in [0, 0.1) is 11.8 Å². The van der Waals surface area contributed by atoms with Gasteiger partial charge in [0.1, 0.15) is 0 Å². The van der Waals surface area contributed by atoms with Crippen LogP contribution in [-0.2, 0) is 13.6 Å². The van der Waals surface area contributed by atoms with Crippen LogP contribution in [0.25, 0.3) is 0 Å². The van der Waals surface area contributed by atoms with Crippen LogP contribution in [0.3, 0.4) is 0 Å². The van der Waals surface area contributed by atoms with Crippen LogP contribution in [0.4, 0.5) is 0 Å². The van der Waals surface area contributed by atoms with Crippen LogP contribution in [0.5, 0.6) is 0 Å². The molecule has 2 fully saturated rings. The molecule has 1 saturated carbocycles. The highest BCUT2D eigenvalue weighted by Gasteiger charge is 2.38. The number of nitrogens with one attached hydrogen (secondary N) is 1. The summed E-state index contributed by atoms with van der Waals surface area (Å²) in [6.45, 7) is 7.88. The molecule has 0 spiro atoms. The summed E-state index contributed by atoms with van der Waals surface area (Å²) in [5.74, 6) is 1.64.